The summed E-state index contributed by atoms with van der Waals surface area (Å²) in [6.45, 7) is 3.03. The summed E-state index contributed by atoms with van der Waals surface area (Å²) in [6.07, 6.45) is 2.08. The monoisotopic (exact) mass is 394 g/mol. The highest BCUT2D eigenvalue weighted by Gasteiger charge is 2.45. The molecule has 7 heteroatoms. The van der Waals surface area contributed by atoms with Crippen LogP contribution in [0.4, 0.5) is 0 Å². The summed E-state index contributed by atoms with van der Waals surface area (Å²) in [6, 6.07) is 5.46. The van der Waals surface area contributed by atoms with Gasteiger partial charge in [-0.3, -0.25) is 0 Å². The van der Waals surface area contributed by atoms with Crippen molar-refractivity contribution in [1.82, 2.24) is 4.31 Å². The molecule has 21 heavy (non-hydrogen) atoms. The van der Waals surface area contributed by atoms with E-state index in [0.29, 0.717) is 29.8 Å². The molecule has 0 spiro atoms. The van der Waals surface area contributed by atoms with Gasteiger partial charge in [0.2, 0.25) is 10.0 Å². The molecule has 2 aliphatic rings. The molecule has 1 aliphatic carbocycles. The average molecular weight is 396 g/mol. The van der Waals surface area contributed by atoms with Gasteiger partial charge in [-0.2, -0.15) is 4.31 Å². The predicted molar refractivity (Wildman–Crippen MR) is 89.1 cm³/mol. The number of hydrogen-bond acceptors (Lipinski definition) is 3. The molecule has 1 saturated carbocycles. The molecule has 0 amide bonds. The predicted octanol–water partition coefficient (Wildman–Crippen LogP) is 2.54. The number of halogens is 2. The van der Waals surface area contributed by atoms with E-state index < -0.39 is 10.0 Å². The second-order valence-electron chi connectivity index (χ2n) is 5.90. The smallest absolute Gasteiger partial charge is 0.243 e. The van der Waals surface area contributed by atoms with Crippen molar-refractivity contribution < 1.29 is 8.42 Å². The van der Waals surface area contributed by atoms with E-state index >= 15 is 0 Å². The van der Waals surface area contributed by atoms with Gasteiger partial charge in [0.1, 0.15) is 0 Å². The molecule has 0 radical (unpaired) electrons. The summed E-state index contributed by atoms with van der Waals surface area (Å²) in [5, 5.41) is 0. The molecule has 1 heterocycles. The topological polar surface area (TPSA) is 63.4 Å². The Morgan fingerprint density at radius 1 is 1.29 bits per heavy atom. The van der Waals surface area contributed by atoms with Crippen LogP contribution in [0.5, 0.6) is 0 Å². The van der Waals surface area contributed by atoms with E-state index in [-0.39, 0.29) is 18.4 Å². The lowest BCUT2D eigenvalue weighted by molar-refractivity contribution is 0.427. The fourth-order valence-corrected chi connectivity index (χ4v) is 5.72. The SMILES string of the molecule is Cc1cc(Br)ccc1S(=O)(=O)N1CC2CCC(N)C2C1.Cl. The van der Waals surface area contributed by atoms with Crippen LogP contribution in [-0.2, 0) is 10.0 Å². The number of benzene rings is 1. The molecule has 4 nitrogen and oxygen atoms in total. The van der Waals surface area contributed by atoms with E-state index in [2.05, 4.69) is 15.9 Å². The van der Waals surface area contributed by atoms with Crippen molar-refractivity contribution in [2.75, 3.05) is 13.1 Å². The van der Waals surface area contributed by atoms with Crippen LogP contribution in [0.2, 0.25) is 0 Å². The summed E-state index contributed by atoms with van der Waals surface area (Å²) in [4.78, 5) is 0.411. The maximum absolute atomic E-state index is 12.8. The van der Waals surface area contributed by atoms with Gasteiger partial charge < -0.3 is 5.73 Å². The largest absolute Gasteiger partial charge is 0.327 e. The highest BCUT2D eigenvalue weighted by molar-refractivity contribution is 9.10. The first-order valence-corrected chi connectivity index (χ1v) is 9.15. The van der Waals surface area contributed by atoms with Gasteiger partial charge in [-0.25, -0.2) is 8.42 Å². The Labute approximate surface area is 140 Å². The van der Waals surface area contributed by atoms with Gasteiger partial charge in [0.25, 0.3) is 0 Å². The van der Waals surface area contributed by atoms with Gasteiger partial charge in [-0.05, 0) is 55.4 Å². The Bertz CT molecular complexity index is 638. The Morgan fingerprint density at radius 2 is 2.00 bits per heavy atom. The van der Waals surface area contributed by atoms with Gasteiger partial charge in [-0.1, -0.05) is 15.9 Å². The minimum absolute atomic E-state index is 0. The van der Waals surface area contributed by atoms with Crippen LogP contribution < -0.4 is 5.73 Å². The molecule has 3 unspecified atom stereocenters. The van der Waals surface area contributed by atoms with Gasteiger partial charge in [0.15, 0.2) is 0 Å². The first-order valence-electron chi connectivity index (χ1n) is 6.91. The zero-order valence-electron chi connectivity index (χ0n) is 11.8. The Morgan fingerprint density at radius 3 is 2.62 bits per heavy atom. The molecule has 1 aliphatic heterocycles. The van der Waals surface area contributed by atoms with Gasteiger partial charge in [-0.15, -0.1) is 12.4 Å². The van der Waals surface area contributed by atoms with Crippen molar-refractivity contribution in [3.05, 3.63) is 28.2 Å². The molecule has 3 atom stereocenters. The van der Waals surface area contributed by atoms with Gasteiger partial charge in [0.05, 0.1) is 4.90 Å². The maximum atomic E-state index is 12.8. The molecule has 1 aromatic carbocycles. The van der Waals surface area contributed by atoms with E-state index in [1.54, 1.807) is 16.4 Å². The van der Waals surface area contributed by atoms with Gasteiger partial charge in [0, 0.05) is 23.6 Å². The zero-order valence-corrected chi connectivity index (χ0v) is 15.0. The Hall–Kier alpha value is -0.140. The number of nitrogens with two attached hydrogens (primary N) is 1. The third-order valence-electron chi connectivity index (χ3n) is 4.63. The van der Waals surface area contributed by atoms with Crippen molar-refractivity contribution in [1.29, 1.82) is 0 Å². The summed E-state index contributed by atoms with van der Waals surface area (Å²) < 4.78 is 28.1. The number of nitrogens with zero attached hydrogens (tertiary/aromatic N) is 1. The van der Waals surface area contributed by atoms with Crippen molar-refractivity contribution in [2.45, 2.75) is 30.7 Å². The number of fused-ring (bicyclic) bond motifs is 1. The fourth-order valence-electron chi connectivity index (χ4n) is 3.50. The van der Waals surface area contributed by atoms with Gasteiger partial charge >= 0.3 is 0 Å². The van der Waals surface area contributed by atoms with E-state index in [1.807, 2.05) is 13.0 Å². The maximum Gasteiger partial charge on any atom is 0.243 e. The standard InChI is InChI=1S/C14H19BrN2O2S.ClH/c1-9-6-11(15)3-5-14(9)20(18,19)17-7-10-2-4-13(16)12(10)8-17;/h3,5-6,10,12-13H,2,4,7-8,16H2,1H3;1H. The number of sulfonamides is 1. The number of rotatable bonds is 2. The lowest BCUT2D eigenvalue weighted by Crippen LogP contribution is -2.33. The van der Waals surface area contributed by atoms with Crippen LogP contribution in [0.1, 0.15) is 18.4 Å². The van der Waals surface area contributed by atoms with E-state index in [0.717, 1.165) is 22.9 Å². The number of aryl methyl sites for hydroxylation is 1. The lowest BCUT2D eigenvalue weighted by atomic mass is 9.98. The summed E-state index contributed by atoms with van der Waals surface area (Å²) in [7, 11) is -3.39. The van der Waals surface area contributed by atoms with Crippen LogP contribution in [0.3, 0.4) is 0 Å². The fraction of sp³-hybridized carbons (Fsp3) is 0.571. The van der Waals surface area contributed by atoms with Crippen LogP contribution in [-0.4, -0.2) is 31.9 Å². The molecule has 1 saturated heterocycles. The molecular weight excluding hydrogens is 376 g/mol. The first-order chi connectivity index (χ1) is 9.39. The second-order valence-corrected chi connectivity index (χ2v) is 8.72. The molecule has 2 N–H and O–H groups in total. The van der Waals surface area contributed by atoms with E-state index in [9.17, 15) is 8.42 Å². The van der Waals surface area contributed by atoms with Crippen molar-refractivity contribution in [3.8, 4) is 0 Å². The summed E-state index contributed by atoms with van der Waals surface area (Å²) in [5.74, 6) is 0.774. The Balaban J connectivity index is 0.00000161. The average Bonchev–Trinajstić information content (AvgIpc) is 2.92. The van der Waals surface area contributed by atoms with Crippen LogP contribution >= 0.6 is 28.3 Å². The van der Waals surface area contributed by atoms with Crippen molar-refractivity contribution in [2.24, 2.45) is 17.6 Å². The summed E-state index contributed by atoms with van der Waals surface area (Å²) in [5.41, 5.74) is 6.86. The third-order valence-corrected chi connectivity index (χ3v) is 7.12. The van der Waals surface area contributed by atoms with Crippen molar-refractivity contribution in [3.63, 3.8) is 0 Å². The number of hydrogen-bond donors (Lipinski definition) is 1. The molecule has 0 bridgehead atoms. The zero-order chi connectivity index (χ0) is 14.5. The van der Waals surface area contributed by atoms with Crippen LogP contribution in [0.25, 0.3) is 0 Å². The molecular formula is C14H20BrClN2O2S. The van der Waals surface area contributed by atoms with Crippen LogP contribution in [0.15, 0.2) is 27.6 Å². The summed E-state index contributed by atoms with van der Waals surface area (Å²) >= 11 is 3.37. The first kappa shape index (κ1) is 17.2. The second kappa shape index (κ2) is 6.16. The highest BCUT2D eigenvalue weighted by Crippen LogP contribution is 2.39. The minimum atomic E-state index is -3.39. The van der Waals surface area contributed by atoms with Crippen molar-refractivity contribution >= 4 is 38.4 Å². The molecule has 2 fully saturated rings. The minimum Gasteiger partial charge on any atom is -0.327 e. The Kier molecular flexibility index (Phi) is 5.05. The molecule has 0 aromatic heterocycles. The normalized spacial score (nSPS) is 29.2. The lowest BCUT2D eigenvalue weighted by Gasteiger charge is -2.19. The van der Waals surface area contributed by atoms with E-state index in [4.69, 9.17) is 5.73 Å². The highest BCUT2D eigenvalue weighted by atomic mass is 79.9. The van der Waals surface area contributed by atoms with E-state index in [1.165, 1.54) is 0 Å². The molecule has 118 valence electrons. The van der Waals surface area contributed by atoms with Crippen LogP contribution in [0, 0.1) is 18.8 Å². The molecule has 1 aromatic rings. The quantitative estimate of drug-likeness (QED) is 0.837. The molecule has 3 rings (SSSR count). The third kappa shape index (κ3) is 3.01.